The van der Waals surface area contributed by atoms with Gasteiger partial charge in [0.2, 0.25) is 10.0 Å². The van der Waals surface area contributed by atoms with Crippen LogP contribution in [0.4, 0.5) is 5.69 Å². The molecule has 1 heterocycles. The zero-order chi connectivity index (χ0) is 22.0. The third-order valence-electron chi connectivity index (χ3n) is 4.55. The average Bonchev–Trinajstić information content (AvgIpc) is 3.20. The standard InChI is InChI=1S/C22H17ClN4O3S/c23-20-9-5-4-8-18(20)19-14-27(16-10-12-17(13-11-16)31(24,29)30)26-21(19)22(28)25-15-6-2-1-3-7-15/h1-14H,(H,25,28)(H2,24,29,30). The number of nitrogens with one attached hydrogen (secondary N) is 1. The summed E-state index contributed by atoms with van der Waals surface area (Å²) in [6.45, 7) is 0. The number of sulfonamides is 1. The van der Waals surface area contributed by atoms with Crippen LogP contribution in [0.15, 0.2) is 90.0 Å². The van der Waals surface area contributed by atoms with Crippen LogP contribution in [0.5, 0.6) is 0 Å². The minimum Gasteiger partial charge on any atom is -0.321 e. The molecule has 3 aromatic carbocycles. The minimum atomic E-state index is -3.81. The van der Waals surface area contributed by atoms with Gasteiger partial charge >= 0.3 is 0 Å². The molecule has 0 saturated carbocycles. The summed E-state index contributed by atoms with van der Waals surface area (Å²) < 4.78 is 24.5. The quantitative estimate of drug-likeness (QED) is 0.475. The number of anilines is 1. The van der Waals surface area contributed by atoms with Crippen LogP contribution in [0.1, 0.15) is 10.5 Å². The van der Waals surface area contributed by atoms with Crippen molar-refractivity contribution in [1.82, 2.24) is 9.78 Å². The number of amides is 1. The maximum Gasteiger partial charge on any atom is 0.276 e. The Balaban J connectivity index is 1.79. The summed E-state index contributed by atoms with van der Waals surface area (Å²) in [7, 11) is -3.81. The fourth-order valence-corrected chi connectivity index (χ4v) is 3.80. The number of carbonyl (C=O) groups is 1. The number of hydrogen-bond acceptors (Lipinski definition) is 4. The van der Waals surface area contributed by atoms with E-state index in [2.05, 4.69) is 10.4 Å². The lowest BCUT2D eigenvalue weighted by atomic mass is 10.1. The molecule has 4 rings (SSSR count). The van der Waals surface area contributed by atoms with E-state index in [1.165, 1.54) is 16.8 Å². The Hall–Kier alpha value is -3.46. The van der Waals surface area contributed by atoms with E-state index < -0.39 is 15.9 Å². The van der Waals surface area contributed by atoms with Crippen molar-refractivity contribution in [1.29, 1.82) is 0 Å². The SMILES string of the molecule is NS(=O)(=O)c1ccc(-n2cc(-c3ccccc3Cl)c(C(=O)Nc3ccccc3)n2)cc1. The highest BCUT2D eigenvalue weighted by Gasteiger charge is 2.21. The Morgan fingerprint density at radius 3 is 2.19 bits per heavy atom. The van der Waals surface area contributed by atoms with Crippen LogP contribution in [0.2, 0.25) is 5.02 Å². The van der Waals surface area contributed by atoms with Crippen LogP contribution < -0.4 is 10.5 Å². The van der Waals surface area contributed by atoms with Crippen LogP contribution in [-0.2, 0) is 10.0 Å². The molecule has 0 atom stereocenters. The van der Waals surface area contributed by atoms with E-state index in [0.717, 1.165) is 0 Å². The molecular formula is C22H17ClN4O3S. The van der Waals surface area contributed by atoms with Crippen LogP contribution in [-0.4, -0.2) is 24.1 Å². The lowest BCUT2D eigenvalue weighted by Crippen LogP contribution is -2.14. The number of halogens is 1. The topological polar surface area (TPSA) is 107 Å². The van der Waals surface area contributed by atoms with Gasteiger partial charge in [-0.05, 0) is 42.5 Å². The van der Waals surface area contributed by atoms with Crippen LogP contribution in [0.25, 0.3) is 16.8 Å². The van der Waals surface area contributed by atoms with Crippen molar-refractivity contribution in [3.63, 3.8) is 0 Å². The van der Waals surface area contributed by atoms with E-state index in [-0.39, 0.29) is 10.6 Å². The number of rotatable bonds is 5. The van der Waals surface area contributed by atoms with Gasteiger partial charge in [-0.1, -0.05) is 48.0 Å². The smallest absolute Gasteiger partial charge is 0.276 e. The first-order valence-electron chi connectivity index (χ1n) is 9.17. The summed E-state index contributed by atoms with van der Waals surface area (Å²) in [5.41, 5.74) is 2.54. The van der Waals surface area contributed by atoms with Crippen LogP contribution >= 0.6 is 11.6 Å². The third kappa shape index (κ3) is 4.51. The summed E-state index contributed by atoms with van der Waals surface area (Å²) in [6.07, 6.45) is 1.67. The van der Waals surface area contributed by atoms with E-state index >= 15 is 0 Å². The highest BCUT2D eigenvalue weighted by molar-refractivity contribution is 7.89. The number of para-hydroxylation sites is 1. The highest BCUT2D eigenvalue weighted by atomic mass is 35.5. The Labute approximate surface area is 184 Å². The van der Waals surface area contributed by atoms with Gasteiger partial charge in [0.05, 0.1) is 10.6 Å². The molecule has 1 amide bonds. The Morgan fingerprint density at radius 1 is 0.903 bits per heavy atom. The van der Waals surface area contributed by atoms with E-state index in [9.17, 15) is 13.2 Å². The number of hydrogen-bond donors (Lipinski definition) is 2. The average molecular weight is 453 g/mol. The molecule has 0 unspecified atom stereocenters. The van der Waals surface area contributed by atoms with E-state index in [4.69, 9.17) is 16.7 Å². The molecular weight excluding hydrogens is 436 g/mol. The fraction of sp³-hybridized carbons (Fsp3) is 0. The molecule has 9 heteroatoms. The van der Waals surface area contributed by atoms with Gasteiger partial charge in [-0.25, -0.2) is 18.2 Å². The second-order valence-corrected chi connectivity index (χ2v) is 8.64. The summed E-state index contributed by atoms with van der Waals surface area (Å²) in [4.78, 5) is 13.0. The van der Waals surface area contributed by atoms with E-state index in [1.54, 1.807) is 48.7 Å². The van der Waals surface area contributed by atoms with Gasteiger partial charge in [0.25, 0.3) is 5.91 Å². The van der Waals surface area contributed by atoms with E-state index in [1.807, 2.05) is 24.3 Å². The Morgan fingerprint density at radius 2 is 1.55 bits per heavy atom. The molecule has 1 aromatic heterocycles. The molecule has 0 bridgehead atoms. The van der Waals surface area contributed by atoms with Crippen molar-refractivity contribution in [3.05, 3.63) is 95.8 Å². The maximum atomic E-state index is 13.0. The molecule has 31 heavy (non-hydrogen) atoms. The predicted octanol–water partition coefficient (Wildman–Crippen LogP) is 4.09. The number of benzene rings is 3. The van der Waals surface area contributed by atoms with Crippen molar-refractivity contribution in [2.75, 3.05) is 5.32 Å². The van der Waals surface area contributed by atoms with Crippen molar-refractivity contribution < 1.29 is 13.2 Å². The molecule has 3 N–H and O–H groups in total. The molecule has 0 radical (unpaired) electrons. The lowest BCUT2D eigenvalue weighted by molar-refractivity contribution is 0.102. The Kier molecular flexibility index (Phi) is 5.60. The largest absolute Gasteiger partial charge is 0.321 e. The first kappa shape index (κ1) is 20.8. The van der Waals surface area contributed by atoms with Gasteiger partial charge in [-0.3, -0.25) is 4.79 Å². The van der Waals surface area contributed by atoms with Gasteiger partial charge in [-0.15, -0.1) is 0 Å². The molecule has 4 aromatic rings. The predicted molar refractivity (Wildman–Crippen MR) is 120 cm³/mol. The van der Waals surface area contributed by atoms with Gasteiger partial charge < -0.3 is 5.32 Å². The third-order valence-corrected chi connectivity index (χ3v) is 5.81. The molecule has 0 fully saturated rings. The molecule has 7 nitrogen and oxygen atoms in total. The lowest BCUT2D eigenvalue weighted by Gasteiger charge is -2.06. The maximum absolute atomic E-state index is 13.0. The fourth-order valence-electron chi connectivity index (χ4n) is 3.05. The summed E-state index contributed by atoms with van der Waals surface area (Å²) >= 11 is 6.37. The second-order valence-electron chi connectivity index (χ2n) is 6.67. The van der Waals surface area contributed by atoms with Gasteiger partial charge in [0.15, 0.2) is 5.69 Å². The van der Waals surface area contributed by atoms with E-state index in [0.29, 0.717) is 27.5 Å². The molecule has 156 valence electrons. The minimum absolute atomic E-state index is 0.0169. The molecule has 0 spiro atoms. The zero-order valence-electron chi connectivity index (χ0n) is 16.1. The number of carbonyl (C=O) groups excluding carboxylic acids is 1. The number of nitrogens with zero attached hydrogens (tertiary/aromatic N) is 2. The van der Waals surface area contributed by atoms with Crippen LogP contribution in [0, 0.1) is 0 Å². The summed E-state index contributed by atoms with van der Waals surface area (Å²) in [6, 6.07) is 22.1. The second kappa shape index (κ2) is 8.35. The normalized spacial score (nSPS) is 11.3. The first-order valence-corrected chi connectivity index (χ1v) is 11.1. The van der Waals surface area contributed by atoms with Crippen LogP contribution in [0.3, 0.4) is 0 Å². The van der Waals surface area contributed by atoms with Gasteiger partial charge in [0.1, 0.15) is 0 Å². The molecule has 0 saturated heterocycles. The molecule has 0 aliphatic carbocycles. The van der Waals surface area contributed by atoms with Crippen molar-refractivity contribution in [3.8, 4) is 16.8 Å². The monoisotopic (exact) mass is 452 g/mol. The molecule has 0 aliphatic heterocycles. The number of nitrogens with two attached hydrogens (primary N) is 1. The van der Waals surface area contributed by atoms with Crippen molar-refractivity contribution >= 4 is 33.2 Å². The van der Waals surface area contributed by atoms with Gasteiger partial charge in [-0.2, -0.15) is 5.10 Å². The van der Waals surface area contributed by atoms with Gasteiger partial charge in [0, 0.05) is 28.0 Å². The summed E-state index contributed by atoms with van der Waals surface area (Å²) in [5, 5.41) is 12.9. The zero-order valence-corrected chi connectivity index (χ0v) is 17.6. The summed E-state index contributed by atoms with van der Waals surface area (Å²) in [5.74, 6) is -0.402. The number of primary sulfonamides is 1. The molecule has 0 aliphatic rings. The number of aromatic nitrogens is 2. The van der Waals surface area contributed by atoms with Crippen molar-refractivity contribution in [2.45, 2.75) is 4.90 Å². The Bertz CT molecular complexity index is 1350. The first-order chi connectivity index (χ1) is 14.8. The highest BCUT2D eigenvalue weighted by Crippen LogP contribution is 2.31. The van der Waals surface area contributed by atoms with Crippen molar-refractivity contribution in [2.24, 2.45) is 5.14 Å².